The van der Waals surface area contributed by atoms with E-state index in [4.69, 9.17) is 4.74 Å². The molecule has 1 aromatic carbocycles. The predicted molar refractivity (Wildman–Crippen MR) is 117 cm³/mol. The summed E-state index contributed by atoms with van der Waals surface area (Å²) in [7, 11) is 2.17. The Balaban J connectivity index is 1.32. The van der Waals surface area contributed by atoms with Gasteiger partial charge in [-0.25, -0.2) is 9.78 Å². The fraction of sp³-hybridized carbons (Fsp3) is 0.455. The predicted octanol–water partition coefficient (Wildman–Crippen LogP) is 2.74. The molecule has 3 aliphatic heterocycles. The Morgan fingerprint density at radius 1 is 1.17 bits per heavy atom. The lowest BCUT2D eigenvalue weighted by atomic mass is 10.1. The first-order valence-electron chi connectivity index (χ1n) is 10.7. The van der Waals surface area contributed by atoms with Gasteiger partial charge in [0.2, 0.25) is 0 Å². The van der Waals surface area contributed by atoms with E-state index in [2.05, 4.69) is 56.7 Å². The van der Waals surface area contributed by atoms with Crippen LogP contribution >= 0.6 is 0 Å². The second kappa shape index (κ2) is 8.12. The van der Waals surface area contributed by atoms with Crippen LogP contribution in [0.3, 0.4) is 0 Å². The third-order valence-corrected chi connectivity index (χ3v) is 6.07. The van der Waals surface area contributed by atoms with E-state index in [0.717, 1.165) is 61.8 Å². The number of pyridine rings is 1. The van der Waals surface area contributed by atoms with E-state index < -0.39 is 0 Å². The highest BCUT2D eigenvalue weighted by atomic mass is 16.5. The molecule has 0 saturated carbocycles. The van der Waals surface area contributed by atoms with Crippen LogP contribution in [0.1, 0.15) is 18.4 Å². The minimum atomic E-state index is -0.206. The molecule has 8 heteroatoms. The van der Waals surface area contributed by atoms with E-state index >= 15 is 0 Å². The number of ether oxygens (including phenoxy) is 1. The van der Waals surface area contributed by atoms with Crippen molar-refractivity contribution >= 4 is 28.9 Å². The van der Waals surface area contributed by atoms with Gasteiger partial charge in [-0.1, -0.05) is 0 Å². The van der Waals surface area contributed by atoms with Crippen molar-refractivity contribution in [2.24, 2.45) is 0 Å². The van der Waals surface area contributed by atoms with E-state index in [1.807, 2.05) is 12.3 Å². The largest absolute Gasteiger partial charge is 0.369 e. The Morgan fingerprint density at radius 2 is 1.97 bits per heavy atom. The molecule has 30 heavy (non-hydrogen) atoms. The van der Waals surface area contributed by atoms with Crippen molar-refractivity contribution in [1.29, 1.82) is 0 Å². The van der Waals surface area contributed by atoms with Crippen molar-refractivity contribution in [3.05, 3.63) is 42.1 Å². The van der Waals surface area contributed by atoms with Crippen molar-refractivity contribution in [3.63, 3.8) is 0 Å². The summed E-state index contributed by atoms with van der Waals surface area (Å²) in [4.78, 5) is 23.6. The molecule has 1 aromatic heterocycles. The first kappa shape index (κ1) is 19.1. The van der Waals surface area contributed by atoms with Crippen LogP contribution < -0.4 is 20.4 Å². The van der Waals surface area contributed by atoms with Crippen LogP contribution in [0.2, 0.25) is 0 Å². The van der Waals surface area contributed by atoms with Gasteiger partial charge in [0.25, 0.3) is 0 Å². The van der Waals surface area contributed by atoms with Crippen molar-refractivity contribution < 1.29 is 9.53 Å². The molecular formula is C22H28N6O2. The fourth-order valence-corrected chi connectivity index (χ4v) is 4.29. The van der Waals surface area contributed by atoms with Crippen molar-refractivity contribution in [1.82, 2.24) is 15.2 Å². The SMILES string of the molecule is CN1CCN(c2ccc(Nc3cc4c(cn3)CNC(=O)N4C3CCCO3)cc2)CC1. The van der Waals surface area contributed by atoms with Gasteiger partial charge >= 0.3 is 6.03 Å². The van der Waals surface area contributed by atoms with Crippen LogP contribution in [-0.2, 0) is 11.3 Å². The van der Waals surface area contributed by atoms with Crippen LogP contribution in [0.5, 0.6) is 0 Å². The zero-order valence-electron chi connectivity index (χ0n) is 17.3. The lowest BCUT2D eigenvalue weighted by molar-refractivity contribution is 0.109. The number of fused-ring (bicyclic) bond motifs is 1. The maximum absolute atomic E-state index is 12.5. The number of hydrogen-bond donors (Lipinski definition) is 2. The number of rotatable bonds is 4. The zero-order valence-corrected chi connectivity index (χ0v) is 17.3. The summed E-state index contributed by atoms with van der Waals surface area (Å²) < 4.78 is 5.77. The minimum Gasteiger partial charge on any atom is -0.369 e. The maximum Gasteiger partial charge on any atom is 0.324 e. The number of piperazine rings is 1. The molecule has 2 fully saturated rings. The third kappa shape index (κ3) is 3.80. The van der Waals surface area contributed by atoms with Crippen LogP contribution in [0.25, 0.3) is 0 Å². The molecule has 2 saturated heterocycles. The summed E-state index contributed by atoms with van der Waals surface area (Å²) >= 11 is 0. The van der Waals surface area contributed by atoms with Crippen LogP contribution in [0.15, 0.2) is 36.5 Å². The monoisotopic (exact) mass is 408 g/mol. The molecule has 1 unspecified atom stereocenters. The molecular weight excluding hydrogens is 380 g/mol. The van der Waals surface area contributed by atoms with Gasteiger partial charge in [0.1, 0.15) is 12.0 Å². The number of likely N-dealkylation sites (N-methyl/N-ethyl adjacent to an activating group) is 1. The molecule has 3 aliphatic rings. The second-order valence-corrected chi connectivity index (χ2v) is 8.16. The Morgan fingerprint density at radius 3 is 2.70 bits per heavy atom. The molecule has 5 rings (SSSR count). The quantitative estimate of drug-likeness (QED) is 0.811. The van der Waals surface area contributed by atoms with Gasteiger partial charge in [0.15, 0.2) is 0 Å². The molecule has 0 radical (unpaired) electrons. The Hall–Kier alpha value is -2.84. The number of benzene rings is 1. The van der Waals surface area contributed by atoms with Crippen molar-refractivity contribution in [2.75, 3.05) is 55.0 Å². The Labute approximate surface area is 176 Å². The number of nitrogens with one attached hydrogen (secondary N) is 2. The average molecular weight is 409 g/mol. The van der Waals surface area contributed by atoms with E-state index in [0.29, 0.717) is 13.2 Å². The first-order valence-corrected chi connectivity index (χ1v) is 10.7. The van der Waals surface area contributed by atoms with E-state index in [-0.39, 0.29) is 12.3 Å². The van der Waals surface area contributed by atoms with Gasteiger partial charge < -0.3 is 25.2 Å². The van der Waals surface area contributed by atoms with Crippen LogP contribution in [-0.4, -0.2) is 62.0 Å². The van der Waals surface area contributed by atoms with Crippen molar-refractivity contribution in [2.45, 2.75) is 25.6 Å². The molecule has 2 amide bonds. The lowest BCUT2D eigenvalue weighted by Crippen LogP contribution is -2.49. The molecule has 1 atom stereocenters. The summed E-state index contributed by atoms with van der Waals surface area (Å²) in [6.45, 7) is 5.47. The summed E-state index contributed by atoms with van der Waals surface area (Å²) in [6.07, 6.45) is 3.45. The van der Waals surface area contributed by atoms with Crippen LogP contribution in [0, 0.1) is 0 Å². The van der Waals surface area contributed by atoms with Gasteiger partial charge in [0, 0.05) is 68.5 Å². The van der Waals surface area contributed by atoms with Gasteiger partial charge in [-0.3, -0.25) is 4.90 Å². The zero-order chi connectivity index (χ0) is 20.5. The summed E-state index contributed by atoms with van der Waals surface area (Å²) in [5.41, 5.74) is 4.09. The molecule has 2 N–H and O–H groups in total. The number of aromatic nitrogens is 1. The second-order valence-electron chi connectivity index (χ2n) is 8.16. The summed E-state index contributed by atoms with van der Waals surface area (Å²) in [6, 6.07) is 10.3. The van der Waals surface area contributed by atoms with E-state index in [9.17, 15) is 4.79 Å². The summed E-state index contributed by atoms with van der Waals surface area (Å²) in [5.74, 6) is 0.721. The smallest absolute Gasteiger partial charge is 0.324 e. The minimum absolute atomic E-state index is 0.108. The molecule has 0 spiro atoms. The number of urea groups is 1. The number of carbonyl (C=O) groups excluding carboxylic acids is 1. The Kier molecular flexibility index (Phi) is 5.18. The van der Waals surface area contributed by atoms with E-state index in [1.54, 1.807) is 4.90 Å². The number of carbonyl (C=O) groups is 1. The molecule has 0 bridgehead atoms. The topological polar surface area (TPSA) is 73.0 Å². The van der Waals surface area contributed by atoms with E-state index in [1.165, 1.54) is 5.69 Å². The van der Waals surface area contributed by atoms with Crippen LogP contribution in [0.4, 0.5) is 27.7 Å². The Bertz CT molecular complexity index is 904. The normalized spacial score (nSPS) is 22.0. The highest BCUT2D eigenvalue weighted by Crippen LogP contribution is 2.32. The van der Waals surface area contributed by atoms with Gasteiger partial charge in [-0.15, -0.1) is 0 Å². The first-order chi connectivity index (χ1) is 14.7. The number of hydrogen-bond acceptors (Lipinski definition) is 6. The van der Waals surface area contributed by atoms with Crippen molar-refractivity contribution in [3.8, 4) is 0 Å². The molecule has 2 aromatic rings. The highest BCUT2D eigenvalue weighted by Gasteiger charge is 2.33. The standard InChI is InChI=1S/C22H28N6O2/c1-26-8-10-27(11-9-26)18-6-4-17(5-7-18)25-20-13-19-16(14-23-20)15-24-22(29)28(19)21-3-2-12-30-21/h4-7,13-14,21H,2-3,8-12,15H2,1H3,(H,23,25)(H,24,29). The molecule has 0 aliphatic carbocycles. The fourth-order valence-electron chi connectivity index (χ4n) is 4.29. The highest BCUT2D eigenvalue weighted by molar-refractivity contribution is 5.95. The lowest BCUT2D eigenvalue weighted by Gasteiger charge is -2.34. The van der Waals surface area contributed by atoms with Gasteiger partial charge in [0.05, 0.1) is 5.69 Å². The third-order valence-electron chi connectivity index (χ3n) is 6.07. The summed E-state index contributed by atoms with van der Waals surface area (Å²) in [5, 5.41) is 6.29. The number of nitrogens with zero attached hydrogens (tertiary/aromatic N) is 4. The number of anilines is 4. The molecule has 4 heterocycles. The van der Waals surface area contributed by atoms with Gasteiger partial charge in [-0.05, 0) is 44.2 Å². The average Bonchev–Trinajstić information content (AvgIpc) is 3.29. The van der Waals surface area contributed by atoms with Gasteiger partial charge in [-0.2, -0.15) is 0 Å². The number of amides is 2. The molecule has 8 nitrogen and oxygen atoms in total. The molecule has 158 valence electrons. The maximum atomic E-state index is 12.5.